The highest BCUT2D eigenvalue weighted by atomic mass is 16.2. The fourth-order valence-corrected chi connectivity index (χ4v) is 3.28. The minimum atomic E-state index is 0.0221. The summed E-state index contributed by atoms with van der Waals surface area (Å²) in [4.78, 5) is 17.0. The number of likely N-dealkylation sites (N-methyl/N-ethyl adjacent to an activating group) is 1. The van der Waals surface area contributed by atoms with Crippen LogP contribution in [0.5, 0.6) is 0 Å². The molecule has 0 aromatic heterocycles. The van der Waals surface area contributed by atoms with E-state index in [9.17, 15) is 4.79 Å². The van der Waals surface area contributed by atoms with E-state index in [1.807, 2.05) is 0 Å². The molecule has 0 aromatic carbocycles. The minimum Gasteiger partial charge on any atom is -0.325 e. The van der Waals surface area contributed by atoms with Crippen molar-refractivity contribution in [3.63, 3.8) is 0 Å². The molecule has 1 amide bonds. The average molecular weight is 267 g/mol. The van der Waals surface area contributed by atoms with Gasteiger partial charge in [-0.15, -0.1) is 0 Å². The predicted molar refractivity (Wildman–Crippen MR) is 77.8 cm³/mol. The van der Waals surface area contributed by atoms with Crippen LogP contribution in [0.15, 0.2) is 0 Å². The second kappa shape index (κ2) is 6.23. The summed E-state index contributed by atoms with van der Waals surface area (Å²) in [5, 5.41) is 3.47. The van der Waals surface area contributed by atoms with E-state index in [1.165, 1.54) is 25.8 Å². The highest BCUT2D eigenvalue weighted by molar-refractivity contribution is 5.84. The van der Waals surface area contributed by atoms with Crippen LogP contribution >= 0.6 is 0 Å². The summed E-state index contributed by atoms with van der Waals surface area (Å²) in [7, 11) is 2.19. The lowest BCUT2D eigenvalue weighted by atomic mass is 9.99. The van der Waals surface area contributed by atoms with E-state index in [-0.39, 0.29) is 12.2 Å². The first-order chi connectivity index (χ1) is 9.04. The van der Waals surface area contributed by atoms with E-state index in [0.717, 1.165) is 13.0 Å². The third kappa shape index (κ3) is 3.11. The quantitative estimate of drug-likeness (QED) is 0.841. The Bertz CT molecular complexity index is 321. The molecule has 2 aliphatic rings. The molecule has 0 aromatic rings. The van der Waals surface area contributed by atoms with Crippen molar-refractivity contribution in [2.45, 2.75) is 64.7 Å². The minimum absolute atomic E-state index is 0.0221. The van der Waals surface area contributed by atoms with Crippen molar-refractivity contribution in [1.29, 1.82) is 0 Å². The van der Waals surface area contributed by atoms with E-state index in [1.54, 1.807) is 0 Å². The fourth-order valence-electron chi connectivity index (χ4n) is 3.28. The van der Waals surface area contributed by atoms with Crippen LogP contribution in [0, 0.1) is 5.92 Å². The van der Waals surface area contributed by atoms with E-state index in [2.05, 4.69) is 42.9 Å². The van der Waals surface area contributed by atoms with Crippen LogP contribution in [0.2, 0.25) is 0 Å². The van der Waals surface area contributed by atoms with E-state index < -0.39 is 0 Å². The number of nitrogens with one attached hydrogen (secondary N) is 1. The van der Waals surface area contributed by atoms with Gasteiger partial charge in [0, 0.05) is 12.6 Å². The molecule has 4 unspecified atom stereocenters. The lowest BCUT2D eigenvalue weighted by Crippen LogP contribution is -2.48. The summed E-state index contributed by atoms with van der Waals surface area (Å²) in [6.07, 6.45) is 5.05. The lowest BCUT2D eigenvalue weighted by Gasteiger charge is -2.36. The van der Waals surface area contributed by atoms with Crippen LogP contribution in [0.1, 0.15) is 46.5 Å². The van der Waals surface area contributed by atoms with Crippen molar-refractivity contribution in [2.24, 2.45) is 5.92 Å². The summed E-state index contributed by atoms with van der Waals surface area (Å²) in [5.41, 5.74) is 0. The SMILES string of the molecule is CCC(C)C1NC(C)N(CC2CCCCN2C)C1=O. The van der Waals surface area contributed by atoms with Gasteiger partial charge in [-0.1, -0.05) is 26.7 Å². The lowest BCUT2D eigenvalue weighted by molar-refractivity contribution is -0.131. The second-order valence-electron chi connectivity index (χ2n) is 6.33. The molecule has 0 aliphatic carbocycles. The van der Waals surface area contributed by atoms with Gasteiger partial charge < -0.3 is 9.80 Å². The molecule has 19 heavy (non-hydrogen) atoms. The van der Waals surface area contributed by atoms with Gasteiger partial charge in [-0.25, -0.2) is 0 Å². The summed E-state index contributed by atoms with van der Waals surface area (Å²) in [6, 6.07) is 0.562. The number of rotatable bonds is 4. The maximum absolute atomic E-state index is 12.5. The molecule has 4 atom stereocenters. The summed E-state index contributed by atoms with van der Waals surface area (Å²) in [6.45, 7) is 8.49. The summed E-state index contributed by atoms with van der Waals surface area (Å²) < 4.78 is 0. The number of piperidine rings is 1. The number of likely N-dealkylation sites (tertiary alicyclic amines) is 1. The third-order valence-electron chi connectivity index (χ3n) is 4.98. The topological polar surface area (TPSA) is 35.6 Å². The molecule has 0 saturated carbocycles. The van der Waals surface area contributed by atoms with Gasteiger partial charge in [0.25, 0.3) is 0 Å². The van der Waals surface area contributed by atoms with Gasteiger partial charge in [-0.3, -0.25) is 10.1 Å². The Morgan fingerprint density at radius 2 is 2.16 bits per heavy atom. The summed E-state index contributed by atoms with van der Waals surface area (Å²) >= 11 is 0. The predicted octanol–water partition coefficient (Wildman–Crippen LogP) is 1.66. The Kier molecular flexibility index (Phi) is 4.85. The number of amides is 1. The molecule has 0 radical (unpaired) electrons. The van der Waals surface area contributed by atoms with Gasteiger partial charge in [0.05, 0.1) is 12.2 Å². The Hall–Kier alpha value is -0.610. The summed E-state index contributed by atoms with van der Waals surface area (Å²) in [5.74, 6) is 0.727. The molecule has 4 heteroatoms. The molecule has 1 N–H and O–H groups in total. The van der Waals surface area contributed by atoms with Crippen molar-refractivity contribution in [3.05, 3.63) is 0 Å². The Balaban J connectivity index is 1.98. The molecule has 2 aliphatic heterocycles. The first-order valence-electron chi connectivity index (χ1n) is 7.81. The highest BCUT2D eigenvalue weighted by Gasteiger charge is 2.40. The number of carbonyl (C=O) groups excluding carboxylic acids is 1. The average Bonchev–Trinajstić information content (AvgIpc) is 2.68. The third-order valence-corrected chi connectivity index (χ3v) is 4.98. The van der Waals surface area contributed by atoms with Gasteiger partial charge in [-0.2, -0.15) is 0 Å². The Labute approximate surface area is 117 Å². The Morgan fingerprint density at radius 3 is 2.79 bits per heavy atom. The number of carbonyl (C=O) groups is 1. The van der Waals surface area contributed by atoms with Crippen molar-refractivity contribution < 1.29 is 4.79 Å². The molecular weight excluding hydrogens is 238 g/mol. The first kappa shape index (κ1) is 14.8. The molecule has 2 heterocycles. The standard InChI is InChI=1S/C15H29N3O/c1-5-11(2)14-15(19)18(12(3)16-14)10-13-8-6-7-9-17(13)4/h11-14,16H,5-10H2,1-4H3. The maximum atomic E-state index is 12.5. The zero-order valence-corrected chi connectivity index (χ0v) is 12.9. The maximum Gasteiger partial charge on any atom is 0.241 e. The molecule has 4 nitrogen and oxygen atoms in total. The van der Waals surface area contributed by atoms with Crippen molar-refractivity contribution in [2.75, 3.05) is 20.1 Å². The van der Waals surface area contributed by atoms with Gasteiger partial charge in [0.15, 0.2) is 0 Å². The van der Waals surface area contributed by atoms with Crippen molar-refractivity contribution >= 4 is 5.91 Å². The first-order valence-corrected chi connectivity index (χ1v) is 7.81. The number of hydrogen-bond acceptors (Lipinski definition) is 3. The smallest absolute Gasteiger partial charge is 0.241 e. The molecular formula is C15H29N3O. The van der Waals surface area contributed by atoms with Gasteiger partial charge in [-0.05, 0) is 39.3 Å². The zero-order chi connectivity index (χ0) is 14.0. The molecule has 0 spiro atoms. The van der Waals surface area contributed by atoms with Crippen LogP contribution in [-0.2, 0) is 4.79 Å². The van der Waals surface area contributed by atoms with Crippen LogP contribution in [-0.4, -0.2) is 54.1 Å². The van der Waals surface area contributed by atoms with Gasteiger partial charge >= 0.3 is 0 Å². The Morgan fingerprint density at radius 1 is 1.42 bits per heavy atom. The largest absolute Gasteiger partial charge is 0.325 e. The molecule has 2 saturated heterocycles. The number of nitrogens with zero attached hydrogens (tertiary/aromatic N) is 2. The van der Waals surface area contributed by atoms with Crippen LogP contribution in [0.25, 0.3) is 0 Å². The van der Waals surface area contributed by atoms with E-state index in [0.29, 0.717) is 17.9 Å². The van der Waals surface area contributed by atoms with Gasteiger partial charge in [0.2, 0.25) is 5.91 Å². The van der Waals surface area contributed by atoms with Gasteiger partial charge in [0.1, 0.15) is 0 Å². The van der Waals surface area contributed by atoms with Crippen LogP contribution < -0.4 is 5.32 Å². The number of hydrogen-bond donors (Lipinski definition) is 1. The van der Waals surface area contributed by atoms with E-state index in [4.69, 9.17) is 0 Å². The molecule has 110 valence electrons. The van der Waals surface area contributed by atoms with E-state index >= 15 is 0 Å². The highest BCUT2D eigenvalue weighted by Crippen LogP contribution is 2.22. The van der Waals surface area contributed by atoms with Crippen LogP contribution in [0.4, 0.5) is 0 Å². The molecule has 2 rings (SSSR count). The monoisotopic (exact) mass is 267 g/mol. The van der Waals surface area contributed by atoms with Crippen LogP contribution in [0.3, 0.4) is 0 Å². The second-order valence-corrected chi connectivity index (χ2v) is 6.33. The normalized spacial score (nSPS) is 34.8. The van der Waals surface area contributed by atoms with Crippen molar-refractivity contribution in [1.82, 2.24) is 15.1 Å². The van der Waals surface area contributed by atoms with Crippen molar-refractivity contribution in [3.8, 4) is 0 Å². The molecule has 2 fully saturated rings. The zero-order valence-electron chi connectivity index (χ0n) is 12.9. The molecule has 0 bridgehead atoms. The fraction of sp³-hybridized carbons (Fsp3) is 0.933.